The minimum atomic E-state index is -0.914. The maximum absolute atomic E-state index is 10.2. The van der Waals surface area contributed by atoms with Crippen molar-refractivity contribution in [2.75, 3.05) is 0 Å². The van der Waals surface area contributed by atoms with E-state index < -0.39 is 5.97 Å². The summed E-state index contributed by atoms with van der Waals surface area (Å²) in [7, 11) is 0. The summed E-state index contributed by atoms with van der Waals surface area (Å²) < 4.78 is 0. The molecule has 0 saturated carbocycles. The number of hydrogen-bond donors (Lipinski definition) is 0. The van der Waals surface area contributed by atoms with Crippen molar-refractivity contribution in [1.82, 2.24) is 0 Å². The van der Waals surface area contributed by atoms with Gasteiger partial charge in [0.2, 0.25) is 0 Å². The normalized spacial score (nSPS) is 10.2. The molecule has 2 nitrogen and oxygen atoms in total. The average molecular weight is 345 g/mol. The second-order valence-electron chi connectivity index (χ2n) is 5.71. The van der Waals surface area contributed by atoms with E-state index in [2.05, 4.69) is 19.1 Å². The van der Waals surface area contributed by atoms with Gasteiger partial charge in [-0.1, -0.05) is 70.4 Å². The van der Waals surface area contributed by atoms with E-state index in [1.165, 1.54) is 64.2 Å². The number of carbonyl (C=O) groups excluding carboxylic acids is 1. The van der Waals surface area contributed by atoms with Crippen molar-refractivity contribution >= 4 is 35.5 Å². The first-order valence-corrected chi connectivity index (χ1v) is 8.62. The van der Waals surface area contributed by atoms with Crippen LogP contribution in [0, 0.1) is 0 Å². The van der Waals surface area contributed by atoms with Crippen LogP contribution in [0.5, 0.6) is 0 Å². The molecule has 0 amide bonds. The van der Waals surface area contributed by atoms with Crippen LogP contribution in [0.4, 0.5) is 0 Å². The van der Waals surface area contributed by atoms with Crippen LogP contribution in [0.25, 0.3) is 0 Å². The van der Waals surface area contributed by atoms with Crippen molar-refractivity contribution < 1.29 is 61.3 Å². The van der Waals surface area contributed by atoms with E-state index in [1.54, 1.807) is 0 Å². The Balaban J connectivity index is -0.00000180. The van der Waals surface area contributed by atoms with Gasteiger partial charge < -0.3 is 9.90 Å². The Morgan fingerprint density at radius 2 is 1.18 bits per heavy atom. The Hall–Kier alpha value is 1.85. The van der Waals surface area contributed by atoms with Crippen molar-refractivity contribution in [2.24, 2.45) is 0 Å². The van der Waals surface area contributed by atoms with Crippen molar-refractivity contribution in [3.63, 3.8) is 0 Å². The summed E-state index contributed by atoms with van der Waals surface area (Å²) >= 11 is 0. The summed E-state index contributed by atoms with van der Waals surface area (Å²) in [6.45, 7) is 2.26. The van der Waals surface area contributed by atoms with Crippen molar-refractivity contribution in [3.05, 3.63) is 12.2 Å². The van der Waals surface area contributed by atoms with Gasteiger partial charge in [0.05, 0.1) is 0 Å². The number of allylic oxidation sites excluding steroid dienone is 2. The number of carboxylic acids is 1. The molecule has 0 radical (unpaired) electrons. The van der Waals surface area contributed by atoms with Gasteiger partial charge in [-0.05, 0) is 38.5 Å². The molecule has 0 aromatic carbocycles. The molecular formula is C18H34KNaO2. The second-order valence-corrected chi connectivity index (χ2v) is 5.71. The van der Waals surface area contributed by atoms with Crippen LogP contribution in [-0.2, 0) is 4.79 Å². The standard InChI is InChI=1S/C18H34O2.K.Na.H/c1-2-3-4-5-6-7-8-9-10-11-12-13-14-15-16-17-18(19)20;;;/h9-10H,2-8,11-17H2,1H3,(H,19,20);;;/q;+1;;/p-1/b10-9-;;;. The first kappa shape index (κ1) is 28.6. The van der Waals surface area contributed by atoms with Gasteiger partial charge in [0, 0.05) is 5.97 Å². The average Bonchev–Trinajstić information content (AvgIpc) is 2.43. The quantitative estimate of drug-likeness (QED) is 0.254. The van der Waals surface area contributed by atoms with E-state index >= 15 is 0 Å². The number of unbranched alkanes of at least 4 members (excludes halogenated alkanes) is 11. The molecular weight excluding hydrogens is 310 g/mol. The van der Waals surface area contributed by atoms with Crippen LogP contribution < -0.4 is 56.5 Å². The van der Waals surface area contributed by atoms with Crippen molar-refractivity contribution in [1.29, 1.82) is 0 Å². The van der Waals surface area contributed by atoms with E-state index in [1.807, 2.05) is 0 Å². The summed E-state index contributed by atoms with van der Waals surface area (Å²) in [5.41, 5.74) is 0. The molecule has 4 heteroatoms. The summed E-state index contributed by atoms with van der Waals surface area (Å²) in [4.78, 5) is 10.2. The van der Waals surface area contributed by atoms with Crippen LogP contribution in [0.2, 0.25) is 0 Å². The van der Waals surface area contributed by atoms with E-state index in [-0.39, 0.29) is 87.4 Å². The number of carbonyl (C=O) groups is 1. The summed E-state index contributed by atoms with van der Waals surface area (Å²) in [6.07, 6.45) is 20.9. The zero-order chi connectivity index (χ0) is 14.9. The zero-order valence-electron chi connectivity index (χ0n) is 14.4. The number of aliphatic carboxylic acids is 1. The van der Waals surface area contributed by atoms with E-state index in [0.29, 0.717) is 0 Å². The van der Waals surface area contributed by atoms with Crippen LogP contribution in [-0.4, -0.2) is 35.5 Å². The van der Waals surface area contributed by atoms with Crippen LogP contribution in [0.1, 0.15) is 96.8 Å². The molecule has 0 aliphatic carbocycles. The number of hydrogen-bond acceptors (Lipinski definition) is 2. The van der Waals surface area contributed by atoms with Gasteiger partial charge in [-0.15, -0.1) is 0 Å². The predicted octanol–water partition coefficient (Wildman–Crippen LogP) is 1.13. The van der Waals surface area contributed by atoms with Gasteiger partial charge >= 0.3 is 80.9 Å². The molecule has 0 rings (SSSR count). The molecule has 0 aromatic rings. The molecule has 0 bridgehead atoms. The maximum atomic E-state index is 10.2. The zero-order valence-corrected chi connectivity index (χ0v) is 17.5. The van der Waals surface area contributed by atoms with Gasteiger partial charge in [0.15, 0.2) is 0 Å². The molecule has 0 aliphatic heterocycles. The first-order chi connectivity index (χ1) is 9.77. The SMILES string of the molecule is CCCCCCCC/C=C\CCCCCCCC(=O)[O-].[K+].[NaH]. The van der Waals surface area contributed by atoms with Crippen molar-refractivity contribution in [2.45, 2.75) is 96.8 Å². The number of rotatable bonds is 15. The Morgan fingerprint density at radius 3 is 1.64 bits per heavy atom. The molecule has 0 unspecified atom stereocenters. The fraction of sp³-hybridized carbons (Fsp3) is 0.833. The van der Waals surface area contributed by atoms with E-state index in [9.17, 15) is 9.90 Å². The molecule has 0 aliphatic rings. The molecule has 120 valence electrons. The molecule has 0 heterocycles. The second kappa shape index (κ2) is 25.1. The van der Waals surface area contributed by atoms with Gasteiger partial charge in [0.25, 0.3) is 0 Å². The van der Waals surface area contributed by atoms with Crippen molar-refractivity contribution in [3.8, 4) is 0 Å². The topological polar surface area (TPSA) is 40.1 Å². The molecule has 0 atom stereocenters. The molecule has 0 fully saturated rings. The molecule has 0 aromatic heterocycles. The van der Waals surface area contributed by atoms with Crippen LogP contribution in [0.15, 0.2) is 12.2 Å². The minimum absolute atomic E-state index is 0. The predicted molar refractivity (Wildman–Crippen MR) is 91.6 cm³/mol. The Morgan fingerprint density at radius 1 is 0.773 bits per heavy atom. The third-order valence-electron chi connectivity index (χ3n) is 3.64. The van der Waals surface area contributed by atoms with E-state index in [0.717, 1.165) is 19.3 Å². The molecule has 0 saturated heterocycles. The summed E-state index contributed by atoms with van der Waals surface area (Å²) in [6, 6.07) is 0. The van der Waals surface area contributed by atoms with Crippen LogP contribution >= 0.6 is 0 Å². The third kappa shape index (κ3) is 26.7. The summed E-state index contributed by atoms with van der Waals surface area (Å²) in [5, 5.41) is 10.2. The van der Waals surface area contributed by atoms with Gasteiger partial charge in [-0.25, -0.2) is 0 Å². The van der Waals surface area contributed by atoms with E-state index in [4.69, 9.17) is 0 Å². The third-order valence-corrected chi connectivity index (χ3v) is 3.64. The van der Waals surface area contributed by atoms with Gasteiger partial charge in [-0.3, -0.25) is 0 Å². The monoisotopic (exact) mass is 344 g/mol. The van der Waals surface area contributed by atoms with Crippen LogP contribution in [0.3, 0.4) is 0 Å². The molecule has 22 heavy (non-hydrogen) atoms. The Bertz CT molecular complexity index is 245. The first-order valence-electron chi connectivity index (χ1n) is 8.62. The van der Waals surface area contributed by atoms with Gasteiger partial charge in [-0.2, -0.15) is 0 Å². The number of carboxylic acid groups (broad SMARTS) is 1. The molecule has 0 spiro atoms. The fourth-order valence-corrected chi connectivity index (χ4v) is 2.34. The Labute approximate surface area is 203 Å². The van der Waals surface area contributed by atoms with Gasteiger partial charge in [0.1, 0.15) is 0 Å². The molecule has 0 N–H and O–H groups in total. The Kier molecular flexibility index (Phi) is 32.7. The fourth-order valence-electron chi connectivity index (χ4n) is 2.34. The summed E-state index contributed by atoms with van der Waals surface area (Å²) in [5.74, 6) is -0.914.